The molecule has 28 heavy (non-hydrogen) atoms. The number of esters is 1. The molecule has 0 saturated heterocycles. The van der Waals surface area contributed by atoms with Gasteiger partial charge in [-0.3, -0.25) is 9.59 Å². The molecule has 3 heterocycles. The van der Waals surface area contributed by atoms with Gasteiger partial charge in [-0.2, -0.15) is 0 Å². The first-order valence-electron chi connectivity index (χ1n) is 8.51. The predicted octanol–water partition coefficient (Wildman–Crippen LogP) is 1.24. The van der Waals surface area contributed by atoms with Gasteiger partial charge >= 0.3 is 5.97 Å². The van der Waals surface area contributed by atoms with Gasteiger partial charge in [-0.25, -0.2) is 4.68 Å². The van der Waals surface area contributed by atoms with Gasteiger partial charge in [0.1, 0.15) is 12.9 Å². The third-order valence-corrected chi connectivity index (χ3v) is 4.39. The molecule has 0 atom stereocenters. The van der Waals surface area contributed by atoms with Crippen molar-refractivity contribution in [1.82, 2.24) is 24.8 Å². The van der Waals surface area contributed by atoms with E-state index in [9.17, 15) is 9.59 Å². The molecule has 0 radical (unpaired) electrons. The number of ketones is 1. The Morgan fingerprint density at radius 1 is 1.18 bits per heavy atom. The average molecular weight is 383 g/mol. The number of benzene rings is 1. The van der Waals surface area contributed by atoms with Crippen molar-refractivity contribution in [2.24, 2.45) is 0 Å². The predicted molar refractivity (Wildman–Crippen MR) is 94.5 cm³/mol. The van der Waals surface area contributed by atoms with Crippen LogP contribution in [0.15, 0.2) is 30.6 Å². The minimum atomic E-state index is -0.592. The zero-order chi connectivity index (χ0) is 19.7. The van der Waals surface area contributed by atoms with Crippen LogP contribution in [0.25, 0.3) is 5.69 Å². The highest BCUT2D eigenvalue weighted by atomic mass is 16.7. The summed E-state index contributed by atoms with van der Waals surface area (Å²) in [5, 5.41) is 10.4. The number of tetrazole rings is 1. The minimum absolute atomic E-state index is 0.156. The topological polar surface area (TPSA) is 110 Å². The molecule has 2 aromatic heterocycles. The Labute approximate surface area is 159 Å². The number of aromatic nitrogens is 5. The van der Waals surface area contributed by atoms with E-state index < -0.39 is 5.97 Å². The van der Waals surface area contributed by atoms with Gasteiger partial charge in [0.2, 0.25) is 12.6 Å². The molecule has 144 valence electrons. The fourth-order valence-electron chi connectivity index (χ4n) is 3.12. The highest BCUT2D eigenvalue weighted by molar-refractivity contribution is 5.99. The summed E-state index contributed by atoms with van der Waals surface area (Å²) in [4.78, 5) is 24.4. The van der Waals surface area contributed by atoms with E-state index in [1.54, 1.807) is 6.07 Å². The maximum Gasteiger partial charge on any atom is 0.328 e. The van der Waals surface area contributed by atoms with Crippen molar-refractivity contribution in [1.29, 1.82) is 0 Å². The van der Waals surface area contributed by atoms with Crippen LogP contribution in [0.1, 0.15) is 21.7 Å². The van der Waals surface area contributed by atoms with Gasteiger partial charge in [0.05, 0.1) is 0 Å². The Hall–Kier alpha value is -3.69. The smallest absolute Gasteiger partial charge is 0.328 e. The zero-order valence-corrected chi connectivity index (χ0v) is 15.3. The summed E-state index contributed by atoms with van der Waals surface area (Å²) in [7, 11) is 0. The Balaban J connectivity index is 1.49. The van der Waals surface area contributed by atoms with Crippen molar-refractivity contribution in [3.8, 4) is 17.2 Å². The van der Waals surface area contributed by atoms with Crippen molar-refractivity contribution >= 4 is 11.8 Å². The van der Waals surface area contributed by atoms with Gasteiger partial charge in [0, 0.05) is 28.7 Å². The molecule has 0 unspecified atom stereocenters. The van der Waals surface area contributed by atoms with E-state index in [2.05, 4.69) is 15.5 Å². The SMILES string of the molecule is Cc1cc(C(=O)COC(=O)Cn2cnnn2)c(C)n1-c1ccc2c(c1)OCO2. The van der Waals surface area contributed by atoms with E-state index >= 15 is 0 Å². The number of hydrogen-bond donors (Lipinski definition) is 0. The van der Waals surface area contributed by atoms with Crippen LogP contribution < -0.4 is 9.47 Å². The van der Waals surface area contributed by atoms with E-state index in [1.807, 2.05) is 36.6 Å². The lowest BCUT2D eigenvalue weighted by Crippen LogP contribution is -2.19. The van der Waals surface area contributed by atoms with Crippen LogP contribution in [0.3, 0.4) is 0 Å². The van der Waals surface area contributed by atoms with Crippen molar-refractivity contribution < 1.29 is 23.8 Å². The van der Waals surface area contributed by atoms with Gasteiger partial charge in [-0.15, -0.1) is 5.10 Å². The van der Waals surface area contributed by atoms with Crippen LogP contribution in [0, 0.1) is 13.8 Å². The Morgan fingerprint density at radius 2 is 2.00 bits per heavy atom. The normalized spacial score (nSPS) is 12.2. The first-order chi connectivity index (χ1) is 13.5. The Bertz CT molecular complexity index is 1040. The summed E-state index contributed by atoms with van der Waals surface area (Å²) in [6.45, 7) is 3.43. The fourth-order valence-corrected chi connectivity index (χ4v) is 3.12. The van der Waals surface area contributed by atoms with Crippen molar-refractivity contribution in [2.45, 2.75) is 20.4 Å². The number of ether oxygens (including phenoxy) is 3. The monoisotopic (exact) mass is 383 g/mol. The lowest BCUT2D eigenvalue weighted by Gasteiger charge is -2.11. The molecule has 0 amide bonds. The molecular formula is C18H17N5O5. The number of nitrogens with zero attached hydrogens (tertiary/aromatic N) is 5. The number of fused-ring (bicyclic) bond motifs is 1. The first kappa shape index (κ1) is 17.7. The second-order valence-electron chi connectivity index (χ2n) is 6.25. The third-order valence-electron chi connectivity index (χ3n) is 4.39. The molecule has 1 aromatic carbocycles. The molecule has 10 heteroatoms. The highest BCUT2D eigenvalue weighted by Gasteiger charge is 2.20. The van der Waals surface area contributed by atoms with Crippen LogP contribution in [-0.2, 0) is 16.1 Å². The Morgan fingerprint density at radius 3 is 2.79 bits per heavy atom. The first-order valence-corrected chi connectivity index (χ1v) is 8.51. The van der Waals surface area contributed by atoms with Gasteiger partial charge < -0.3 is 18.8 Å². The molecule has 0 N–H and O–H groups in total. The van der Waals surface area contributed by atoms with Crippen molar-refractivity contribution in [3.63, 3.8) is 0 Å². The standard InChI is InChI=1S/C18H17N5O5/c1-11-5-14(15(24)8-26-18(25)7-22-9-19-20-21-22)12(2)23(11)13-3-4-16-17(6-13)28-10-27-16/h3-6,9H,7-8,10H2,1-2H3. The minimum Gasteiger partial charge on any atom is -0.456 e. The van der Waals surface area contributed by atoms with Gasteiger partial charge in [0.25, 0.3) is 0 Å². The molecule has 0 spiro atoms. The number of hydrogen-bond acceptors (Lipinski definition) is 8. The van der Waals surface area contributed by atoms with Gasteiger partial charge in [-0.05, 0) is 42.5 Å². The Kier molecular flexibility index (Phi) is 4.52. The second kappa shape index (κ2) is 7.14. The summed E-state index contributed by atoms with van der Waals surface area (Å²) >= 11 is 0. The van der Waals surface area contributed by atoms with Crippen LogP contribution in [-0.4, -0.2) is 49.9 Å². The fraction of sp³-hybridized carbons (Fsp3) is 0.278. The van der Waals surface area contributed by atoms with Crippen LogP contribution in [0.2, 0.25) is 0 Å². The van der Waals surface area contributed by atoms with Crippen LogP contribution in [0.5, 0.6) is 11.5 Å². The van der Waals surface area contributed by atoms with Gasteiger partial charge in [-0.1, -0.05) is 0 Å². The second-order valence-corrected chi connectivity index (χ2v) is 6.25. The van der Waals surface area contributed by atoms with Crippen LogP contribution in [0.4, 0.5) is 0 Å². The number of rotatable bonds is 6. The maximum absolute atomic E-state index is 12.6. The van der Waals surface area contributed by atoms with E-state index in [0.717, 1.165) is 17.1 Å². The summed E-state index contributed by atoms with van der Waals surface area (Å²) in [6.07, 6.45) is 1.29. The largest absolute Gasteiger partial charge is 0.456 e. The molecule has 1 aliphatic heterocycles. The molecule has 1 aliphatic rings. The van der Waals surface area contributed by atoms with Crippen LogP contribution >= 0.6 is 0 Å². The number of carbonyl (C=O) groups is 2. The van der Waals surface area contributed by atoms with E-state index in [4.69, 9.17) is 14.2 Å². The average Bonchev–Trinajstić information content (AvgIpc) is 3.40. The molecule has 10 nitrogen and oxygen atoms in total. The summed E-state index contributed by atoms with van der Waals surface area (Å²) < 4.78 is 19.0. The quantitative estimate of drug-likeness (QED) is 0.462. The van der Waals surface area contributed by atoms with Crippen molar-refractivity contribution in [3.05, 3.63) is 47.5 Å². The summed E-state index contributed by atoms with van der Waals surface area (Å²) in [5.74, 6) is 0.474. The molecule has 0 saturated carbocycles. The summed E-state index contributed by atoms with van der Waals surface area (Å²) in [6, 6.07) is 7.37. The molecular weight excluding hydrogens is 366 g/mol. The van der Waals surface area contributed by atoms with Crippen molar-refractivity contribution in [2.75, 3.05) is 13.4 Å². The number of aryl methyl sites for hydroxylation is 1. The zero-order valence-electron chi connectivity index (χ0n) is 15.3. The molecule has 4 rings (SSSR count). The number of carbonyl (C=O) groups excluding carboxylic acids is 2. The van der Waals surface area contributed by atoms with E-state index in [-0.39, 0.29) is 25.7 Å². The lowest BCUT2D eigenvalue weighted by molar-refractivity contribution is -0.143. The molecule has 0 bridgehead atoms. The lowest BCUT2D eigenvalue weighted by atomic mass is 10.1. The van der Waals surface area contributed by atoms with E-state index in [0.29, 0.717) is 17.1 Å². The maximum atomic E-state index is 12.6. The third kappa shape index (κ3) is 3.31. The summed E-state index contributed by atoms with van der Waals surface area (Å²) in [5.41, 5.74) is 2.97. The van der Waals surface area contributed by atoms with E-state index in [1.165, 1.54) is 11.0 Å². The molecule has 3 aromatic rings. The highest BCUT2D eigenvalue weighted by Crippen LogP contribution is 2.34. The number of Topliss-reactive ketones (excluding diaryl/α,β-unsaturated/α-hetero) is 1. The molecule has 0 aliphatic carbocycles. The molecule has 0 fully saturated rings. The van der Waals surface area contributed by atoms with Gasteiger partial charge in [0.15, 0.2) is 18.1 Å².